The fourth-order valence-electron chi connectivity index (χ4n) is 0.651. The van der Waals surface area contributed by atoms with Crippen molar-refractivity contribution >= 4 is 16.5 Å². The van der Waals surface area contributed by atoms with Crippen LogP contribution in [0.5, 0.6) is 5.88 Å². The van der Waals surface area contributed by atoms with Crippen LogP contribution in [-0.2, 0) is 0 Å². The number of nitrogens with zero attached hydrogens (tertiary/aromatic N) is 2. The molecule has 11 heavy (non-hydrogen) atoms. The molecule has 0 saturated heterocycles. The van der Waals surface area contributed by atoms with E-state index in [2.05, 4.69) is 10.3 Å². The second-order valence-corrected chi connectivity index (χ2v) is 2.87. The predicted molar refractivity (Wildman–Crippen MR) is 45.9 cm³/mol. The third-order valence-electron chi connectivity index (χ3n) is 1.19. The summed E-state index contributed by atoms with van der Waals surface area (Å²) in [6, 6.07) is 1.59. The average molecular weight is 168 g/mol. The van der Waals surface area contributed by atoms with E-state index >= 15 is 0 Å². The monoisotopic (exact) mass is 168 g/mol. The van der Waals surface area contributed by atoms with Crippen molar-refractivity contribution in [2.75, 3.05) is 18.5 Å². The first-order valence-corrected chi connectivity index (χ1v) is 3.81. The Hall–Kier alpha value is -1.21. The molecule has 0 aromatic carbocycles. The van der Waals surface area contributed by atoms with Crippen LogP contribution in [0.15, 0.2) is 6.07 Å². The van der Waals surface area contributed by atoms with Gasteiger partial charge in [-0.2, -0.15) is 4.37 Å². The van der Waals surface area contributed by atoms with Gasteiger partial charge in [0.15, 0.2) is 0 Å². The van der Waals surface area contributed by atoms with Crippen LogP contribution in [0.25, 0.3) is 0 Å². The normalized spacial score (nSPS) is 9.09. The Kier molecular flexibility index (Phi) is 2.34. The molecule has 0 amide bonds. The molecule has 1 N–H and O–H groups in total. The molecule has 0 radical (unpaired) electrons. The van der Waals surface area contributed by atoms with Crippen LogP contribution >= 0.6 is 11.5 Å². The van der Waals surface area contributed by atoms with Gasteiger partial charge in [-0.15, -0.1) is 6.42 Å². The Balaban J connectivity index is 2.70. The topological polar surface area (TPSA) is 36.4 Å². The van der Waals surface area contributed by atoms with Gasteiger partial charge in [0.05, 0.1) is 6.54 Å². The summed E-state index contributed by atoms with van der Waals surface area (Å²) < 4.78 is 3.71. The summed E-state index contributed by atoms with van der Waals surface area (Å²) in [6.07, 6.45) is 5.10. The third kappa shape index (κ3) is 1.85. The van der Waals surface area contributed by atoms with Gasteiger partial charge in [0, 0.05) is 13.1 Å². The molecule has 1 rings (SSSR count). The van der Waals surface area contributed by atoms with Crippen LogP contribution < -0.4 is 4.90 Å². The van der Waals surface area contributed by atoms with E-state index in [1.165, 1.54) is 11.5 Å². The molecule has 1 heterocycles. The lowest BCUT2D eigenvalue weighted by Gasteiger charge is -2.10. The number of aromatic nitrogens is 1. The predicted octanol–water partition coefficient (Wildman–Crippen LogP) is 0.918. The van der Waals surface area contributed by atoms with Gasteiger partial charge in [-0.1, -0.05) is 5.92 Å². The van der Waals surface area contributed by atoms with Crippen LogP contribution in [0, 0.1) is 12.3 Å². The lowest BCUT2D eigenvalue weighted by Crippen LogP contribution is -2.15. The van der Waals surface area contributed by atoms with E-state index in [1.54, 1.807) is 6.07 Å². The Bertz CT molecular complexity index is 276. The van der Waals surface area contributed by atoms with Crippen LogP contribution in [0.4, 0.5) is 5.00 Å². The highest BCUT2D eigenvalue weighted by Crippen LogP contribution is 2.23. The Morgan fingerprint density at radius 1 is 1.91 bits per heavy atom. The van der Waals surface area contributed by atoms with E-state index in [0.29, 0.717) is 6.54 Å². The zero-order valence-corrected chi connectivity index (χ0v) is 6.93. The first-order chi connectivity index (χ1) is 5.24. The lowest BCUT2D eigenvalue weighted by molar-refractivity contribution is 0.460. The van der Waals surface area contributed by atoms with Crippen molar-refractivity contribution < 1.29 is 5.11 Å². The average Bonchev–Trinajstić information content (AvgIpc) is 2.36. The maximum Gasteiger partial charge on any atom is 0.224 e. The summed E-state index contributed by atoms with van der Waals surface area (Å²) in [4.78, 5) is 1.84. The van der Waals surface area contributed by atoms with Crippen molar-refractivity contribution in [3.63, 3.8) is 0 Å². The first-order valence-electron chi connectivity index (χ1n) is 3.04. The summed E-state index contributed by atoms with van der Waals surface area (Å²) in [6.45, 7) is 0.529. The number of anilines is 1. The molecule has 4 heteroatoms. The van der Waals surface area contributed by atoms with Gasteiger partial charge in [0.25, 0.3) is 0 Å². The van der Waals surface area contributed by atoms with E-state index in [0.717, 1.165) is 5.00 Å². The molecule has 1 aromatic heterocycles. The summed E-state index contributed by atoms with van der Waals surface area (Å²) >= 11 is 1.23. The number of hydrogen-bond donors (Lipinski definition) is 1. The fourth-order valence-corrected chi connectivity index (χ4v) is 1.25. The molecule has 0 saturated carbocycles. The summed E-state index contributed by atoms with van der Waals surface area (Å²) in [5.41, 5.74) is 0. The molecule has 3 nitrogen and oxygen atoms in total. The van der Waals surface area contributed by atoms with Gasteiger partial charge in [0.2, 0.25) is 5.88 Å². The highest BCUT2D eigenvalue weighted by Gasteiger charge is 2.03. The van der Waals surface area contributed by atoms with Crippen molar-refractivity contribution in [3.8, 4) is 18.2 Å². The highest BCUT2D eigenvalue weighted by molar-refractivity contribution is 7.10. The second kappa shape index (κ2) is 3.26. The Morgan fingerprint density at radius 3 is 3.09 bits per heavy atom. The smallest absolute Gasteiger partial charge is 0.224 e. The molecular weight excluding hydrogens is 160 g/mol. The first kappa shape index (κ1) is 7.89. The highest BCUT2D eigenvalue weighted by atomic mass is 32.1. The quantitative estimate of drug-likeness (QED) is 0.667. The van der Waals surface area contributed by atoms with Crippen LogP contribution in [0.1, 0.15) is 0 Å². The van der Waals surface area contributed by atoms with Gasteiger partial charge in [-0.25, -0.2) is 0 Å². The van der Waals surface area contributed by atoms with E-state index < -0.39 is 0 Å². The molecule has 1 aromatic rings. The minimum absolute atomic E-state index is 0.0499. The molecule has 0 aliphatic carbocycles. The summed E-state index contributed by atoms with van der Waals surface area (Å²) in [5, 5.41) is 9.77. The molecule has 0 aliphatic heterocycles. The summed E-state index contributed by atoms with van der Waals surface area (Å²) in [5.74, 6) is 2.55. The van der Waals surface area contributed by atoms with Gasteiger partial charge in [-0.05, 0) is 11.5 Å². The van der Waals surface area contributed by atoms with Gasteiger partial charge < -0.3 is 10.0 Å². The molecule has 58 valence electrons. The molecule has 0 bridgehead atoms. The van der Waals surface area contributed by atoms with Crippen molar-refractivity contribution in [1.29, 1.82) is 0 Å². The van der Waals surface area contributed by atoms with Crippen LogP contribution in [0.3, 0.4) is 0 Å². The zero-order chi connectivity index (χ0) is 8.27. The van der Waals surface area contributed by atoms with E-state index in [-0.39, 0.29) is 5.88 Å². The molecule has 0 aliphatic rings. The van der Waals surface area contributed by atoms with Crippen molar-refractivity contribution in [2.24, 2.45) is 0 Å². The van der Waals surface area contributed by atoms with E-state index in [9.17, 15) is 0 Å². The van der Waals surface area contributed by atoms with E-state index in [4.69, 9.17) is 11.5 Å². The number of rotatable bonds is 2. The number of hydrogen-bond acceptors (Lipinski definition) is 4. The van der Waals surface area contributed by atoms with Crippen LogP contribution in [0.2, 0.25) is 0 Å². The largest absolute Gasteiger partial charge is 0.493 e. The van der Waals surface area contributed by atoms with Gasteiger partial charge in [-0.3, -0.25) is 0 Å². The summed E-state index contributed by atoms with van der Waals surface area (Å²) in [7, 11) is 1.85. The Morgan fingerprint density at radius 2 is 2.64 bits per heavy atom. The fraction of sp³-hybridized carbons (Fsp3) is 0.286. The second-order valence-electron chi connectivity index (χ2n) is 2.08. The molecule has 0 fully saturated rings. The van der Waals surface area contributed by atoms with Crippen molar-refractivity contribution in [2.45, 2.75) is 0 Å². The van der Waals surface area contributed by atoms with Gasteiger partial charge >= 0.3 is 0 Å². The van der Waals surface area contributed by atoms with Gasteiger partial charge in [0.1, 0.15) is 5.00 Å². The van der Waals surface area contributed by atoms with E-state index in [1.807, 2.05) is 11.9 Å². The molecule has 0 unspecified atom stereocenters. The zero-order valence-electron chi connectivity index (χ0n) is 6.11. The number of terminal acetylenes is 1. The van der Waals surface area contributed by atoms with Crippen LogP contribution in [-0.4, -0.2) is 23.1 Å². The molecular formula is C7H8N2OS. The molecule has 0 atom stereocenters. The number of aromatic hydroxyl groups is 1. The van der Waals surface area contributed by atoms with Crippen molar-refractivity contribution in [3.05, 3.63) is 6.07 Å². The minimum Gasteiger partial charge on any atom is -0.493 e. The maximum atomic E-state index is 8.89. The molecule has 0 spiro atoms. The lowest BCUT2D eigenvalue weighted by atomic mass is 10.5. The maximum absolute atomic E-state index is 8.89. The SMILES string of the molecule is C#CCN(C)c1cc(O)ns1. The Labute approximate surface area is 69.4 Å². The standard InChI is InChI=1S/C7H8N2OS/c1-3-4-9(2)7-5-6(10)8-11-7/h1,5H,4H2,2H3,(H,8,10). The third-order valence-corrected chi connectivity index (χ3v) is 2.08. The van der Waals surface area contributed by atoms with Crippen molar-refractivity contribution in [1.82, 2.24) is 4.37 Å². The minimum atomic E-state index is 0.0499.